The summed E-state index contributed by atoms with van der Waals surface area (Å²) in [7, 11) is 0. The predicted octanol–water partition coefficient (Wildman–Crippen LogP) is 4.71. The first-order valence-corrected chi connectivity index (χ1v) is 9.59. The van der Waals surface area contributed by atoms with E-state index in [4.69, 9.17) is 0 Å². The smallest absolute Gasteiger partial charge is 0.272 e. The Hall–Kier alpha value is -2.17. The minimum absolute atomic E-state index is 0.0840. The molecule has 1 fully saturated rings. The van der Waals surface area contributed by atoms with Crippen LogP contribution >= 0.6 is 0 Å². The monoisotopic (exact) mass is 356 g/mol. The second-order valence-electron chi connectivity index (χ2n) is 8.39. The minimum Gasteiger partial charge on any atom is -0.379 e. The lowest BCUT2D eigenvalue weighted by atomic mass is 9.83. The van der Waals surface area contributed by atoms with Crippen molar-refractivity contribution in [3.8, 4) is 0 Å². The van der Waals surface area contributed by atoms with Crippen LogP contribution in [0.25, 0.3) is 5.70 Å². The molecule has 26 heavy (non-hydrogen) atoms. The standard InChI is InChI=1S/C21H28N2O3/c1-14-10-16-13-21(2,3)22-18(17(16)11-19(14)23(25)26)12-20(24)15-8-6-4-5-7-9-15/h10-12,15,22H,4-9,13H2,1-3H3. The highest BCUT2D eigenvalue weighted by atomic mass is 16.6. The number of carbonyl (C=O) groups excluding carboxylic acids is 1. The highest BCUT2D eigenvalue weighted by Gasteiger charge is 2.31. The Balaban J connectivity index is 2.00. The molecule has 0 bridgehead atoms. The Morgan fingerprint density at radius 2 is 1.88 bits per heavy atom. The van der Waals surface area contributed by atoms with Crippen molar-refractivity contribution in [1.29, 1.82) is 0 Å². The van der Waals surface area contributed by atoms with Crippen molar-refractivity contribution in [1.82, 2.24) is 5.32 Å². The van der Waals surface area contributed by atoms with Crippen LogP contribution in [-0.4, -0.2) is 16.2 Å². The van der Waals surface area contributed by atoms with Crippen LogP contribution in [0.4, 0.5) is 5.69 Å². The van der Waals surface area contributed by atoms with Gasteiger partial charge in [-0.15, -0.1) is 0 Å². The van der Waals surface area contributed by atoms with E-state index in [2.05, 4.69) is 19.2 Å². The van der Waals surface area contributed by atoms with Gasteiger partial charge in [-0.2, -0.15) is 0 Å². The number of benzene rings is 1. The van der Waals surface area contributed by atoms with Gasteiger partial charge in [0.15, 0.2) is 5.78 Å². The van der Waals surface area contributed by atoms with Crippen LogP contribution in [0.1, 0.15) is 69.1 Å². The number of aryl methyl sites for hydroxylation is 1. The third-order valence-corrected chi connectivity index (χ3v) is 5.56. The van der Waals surface area contributed by atoms with Crippen molar-refractivity contribution < 1.29 is 9.72 Å². The van der Waals surface area contributed by atoms with Crippen molar-refractivity contribution in [3.63, 3.8) is 0 Å². The van der Waals surface area contributed by atoms with Crippen molar-refractivity contribution in [2.24, 2.45) is 5.92 Å². The maximum atomic E-state index is 12.9. The van der Waals surface area contributed by atoms with Gasteiger partial charge in [0.25, 0.3) is 5.69 Å². The summed E-state index contributed by atoms with van der Waals surface area (Å²) >= 11 is 0. The van der Waals surface area contributed by atoms with E-state index in [0.29, 0.717) is 5.56 Å². The van der Waals surface area contributed by atoms with E-state index in [9.17, 15) is 14.9 Å². The van der Waals surface area contributed by atoms with Gasteiger partial charge >= 0.3 is 0 Å². The molecule has 1 heterocycles. The zero-order valence-electron chi connectivity index (χ0n) is 15.9. The number of nitro groups is 1. The maximum Gasteiger partial charge on any atom is 0.272 e. The number of nitrogens with zero attached hydrogens (tertiary/aromatic N) is 1. The first-order valence-electron chi connectivity index (χ1n) is 9.59. The van der Waals surface area contributed by atoms with E-state index in [1.54, 1.807) is 19.1 Å². The largest absolute Gasteiger partial charge is 0.379 e. The molecule has 1 aromatic rings. The molecule has 1 aliphatic heterocycles. The van der Waals surface area contributed by atoms with E-state index < -0.39 is 0 Å². The van der Waals surface area contributed by atoms with Gasteiger partial charge in [-0.1, -0.05) is 25.7 Å². The summed E-state index contributed by atoms with van der Waals surface area (Å²) in [5, 5.41) is 14.8. The summed E-state index contributed by atoms with van der Waals surface area (Å²) in [4.78, 5) is 23.9. The average molecular weight is 356 g/mol. The van der Waals surface area contributed by atoms with Crippen molar-refractivity contribution in [2.45, 2.75) is 71.3 Å². The molecule has 0 saturated heterocycles. The number of carbonyl (C=O) groups is 1. The molecule has 0 aromatic heterocycles. The summed E-state index contributed by atoms with van der Waals surface area (Å²) < 4.78 is 0. The third kappa shape index (κ3) is 3.97. The summed E-state index contributed by atoms with van der Waals surface area (Å²) in [6.45, 7) is 5.96. The first kappa shape index (κ1) is 18.6. The zero-order chi connectivity index (χ0) is 18.9. The molecule has 1 aliphatic carbocycles. The summed E-state index contributed by atoms with van der Waals surface area (Å²) in [5.41, 5.74) is 3.18. The predicted molar refractivity (Wildman–Crippen MR) is 103 cm³/mol. The molecular weight excluding hydrogens is 328 g/mol. The Kier molecular flexibility index (Phi) is 5.17. The molecule has 5 heteroatoms. The van der Waals surface area contributed by atoms with E-state index in [0.717, 1.165) is 48.9 Å². The summed E-state index contributed by atoms with van der Waals surface area (Å²) in [6.07, 6.45) is 9.02. The molecule has 1 aromatic carbocycles. The van der Waals surface area contributed by atoms with Gasteiger partial charge in [-0.25, -0.2) is 0 Å². The Morgan fingerprint density at radius 1 is 1.23 bits per heavy atom. The number of fused-ring (bicyclic) bond motifs is 1. The van der Waals surface area contributed by atoms with Crippen LogP contribution in [0.3, 0.4) is 0 Å². The van der Waals surface area contributed by atoms with Crippen molar-refractivity contribution in [2.75, 3.05) is 0 Å². The molecule has 5 nitrogen and oxygen atoms in total. The number of nitrogens with one attached hydrogen (secondary N) is 1. The van der Waals surface area contributed by atoms with Crippen molar-refractivity contribution >= 4 is 17.2 Å². The fourth-order valence-corrected chi connectivity index (χ4v) is 4.24. The topological polar surface area (TPSA) is 72.2 Å². The number of rotatable bonds is 3. The van der Waals surface area contributed by atoms with Gasteiger partial charge < -0.3 is 5.32 Å². The number of allylic oxidation sites excluding steroid dienone is 1. The number of ketones is 1. The van der Waals surface area contributed by atoms with E-state index >= 15 is 0 Å². The molecule has 0 spiro atoms. The maximum absolute atomic E-state index is 12.9. The molecule has 3 rings (SSSR count). The molecule has 0 unspecified atom stereocenters. The van der Waals surface area contributed by atoms with Crippen molar-refractivity contribution in [3.05, 3.63) is 45.0 Å². The number of nitro benzene ring substituents is 1. The van der Waals surface area contributed by atoms with E-state index in [-0.39, 0.29) is 27.9 Å². The van der Waals surface area contributed by atoms with Gasteiger partial charge in [0, 0.05) is 40.4 Å². The molecule has 2 aliphatic rings. The van der Waals surface area contributed by atoms with Gasteiger partial charge in [0.2, 0.25) is 0 Å². The van der Waals surface area contributed by atoms with Gasteiger partial charge in [0.05, 0.1) is 4.92 Å². The lowest BCUT2D eigenvalue weighted by Crippen LogP contribution is -2.44. The van der Waals surface area contributed by atoms with Crippen LogP contribution in [0, 0.1) is 23.0 Å². The molecular formula is C21H28N2O3. The second kappa shape index (κ2) is 7.22. The average Bonchev–Trinajstić information content (AvgIpc) is 2.82. The Morgan fingerprint density at radius 3 is 2.50 bits per heavy atom. The van der Waals surface area contributed by atoms with Crippen LogP contribution in [0.5, 0.6) is 0 Å². The molecule has 0 radical (unpaired) electrons. The SMILES string of the molecule is Cc1cc2c(cc1[N+](=O)[O-])C(=CC(=O)C1CCCCCC1)NC(C)(C)C2. The van der Waals surface area contributed by atoms with E-state index in [1.807, 2.05) is 6.07 Å². The van der Waals surface area contributed by atoms with Gasteiger partial charge in [-0.05, 0) is 51.7 Å². The van der Waals surface area contributed by atoms with Crippen LogP contribution in [-0.2, 0) is 11.2 Å². The molecule has 1 N–H and O–H groups in total. The normalized spacial score (nSPS) is 21.6. The fraction of sp³-hybridized carbons (Fsp3) is 0.571. The highest BCUT2D eigenvalue weighted by molar-refractivity contribution is 5.98. The fourth-order valence-electron chi connectivity index (χ4n) is 4.24. The highest BCUT2D eigenvalue weighted by Crippen LogP contribution is 2.35. The number of hydrogen-bond acceptors (Lipinski definition) is 4. The first-order chi connectivity index (χ1) is 12.3. The zero-order valence-corrected chi connectivity index (χ0v) is 15.9. The second-order valence-corrected chi connectivity index (χ2v) is 8.39. The lowest BCUT2D eigenvalue weighted by Gasteiger charge is -2.36. The van der Waals surface area contributed by atoms with Gasteiger partial charge in [0.1, 0.15) is 0 Å². The Labute approximate surface area is 155 Å². The quantitative estimate of drug-likeness (QED) is 0.368. The molecule has 0 amide bonds. The third-order valence-electron chi connectivity index (χ3n) is 5.56. The molecule has 140 valence electrons. The molecule has 0 atom stereocenters. The summed E-state index contributed by atoms with van der Waals surface area (Å²) in [5.74, 6) is 0.238. The summed E-state index contributed by atoms with van der Waals surface area (Å²) in [6, 6.07) is 3.53. The van der Waals surface area contributed by atoms with Crippen LogP contribution in [0.15, 0.2) is 18.2 Å². The van der Waals surface area contributed by atoms with E-state index in [1.165, 1.54) is 12.8 Å². The molecule has 1 saturated carbocycles. The number of hydrogen-bond donors (Lipinski definition) is 1. The lowest BCUT2D eigenvalue weighted by molar-refractivity contribution is -0.385. The van der Waals surface area contributed by atoms with Crippen LogP contribution < -0.4 is 5.32 Å². The Bertz CT molecular complexity index is 757. The van der Waals surface area contributed by atoms with Gasteiger partial charge in [-0.3, -0.25) is 14.9 Å². The minimum atomic E-state index is -0.347. The van der Waals surface area contributed by atoms with Crippen LogP contribution in [0.2, 0.25) is 0 Å².